The van der Waals surface area contributed by atoms with Crippen LogP contribution in [0.3, 0.4) is 0 Å². The first-order valence-electron chi connectivity index (χ1n) is 6.44. The smallest absolute Gasteiger partial charge is 0.0950 e. The maximum atomic E-state index is 9.90. The molecule has 1 saturated heterocycles. The normalized spacial score (nSPS) is 24.3. The van der Waals surface area contributed by atoms with E-state index in [-0.39, 0.29) is 12.1 Å². The highest BCUT2D eigenvalue weighted by Crippen LogP contribution is 2.23. The second-order valence-corrected chi connectivity index (χ2v) is 5.81. The number of hydrogen-bond donors (Lipinski definition) is 1. The molecule has 6 heteroatoms. The van der Waals surface area contributed by atoms with Gasteiger partial charge in [-0.05, 0) is 24.0 Å². The minimum Gasteiger partial charge on any atom is -0.389 e. The van der Waals surface area contributed by atoms with Crippen LogP contribution in [0.5, 0.6) is 0 Å². The van der Waals surface area contributed by atoms with Gasteiger partial charge in [-0.1, -0.05) is 25.3 Å². The van der Waals surface area contributed by atoms with Crippen LogP contribution in [0.2, 0.25) is 0 Å². The van der Waals surface area contributed by atoms with Gasteiger partial charge in [0.2, 0.25) is 0 Å². The first-order chi connectivity index (χ1) is 8.63. The Morgan fingerprint density at radius 2 is 2.28 bits per heavy atom. The van der Waals surface area contributed by atoms with Crippen molar-refractivity contribution >= 4 is 11.5 Å². The van der Waals surface area contributed by atoms with E-state index in [0.717, 1.165) is 18.8 Å². The summed E-state index contributed by atoms with van der Waals surface area (Å²) in [5, 5.41) is 14.1. The lowest BCUT2D eigenvalue weighted by Crippen LogP contribution is -2.42. The molecule has 1 fully saturated rings. The molecule has 1 aromatic heterocycles. The number of hydrogen-bond acceptors (Lipinski definition) is 6. The van der Waals surface area contributed by atoms with Crippen molar-refractivity contribution < 1.29 is 9.84 Å². The molecule has 1 aliphatic heterocycles. The van der Waals surface area contributed by atoms with E-state index in [4.69, 9.17) is 4.74 Å². The van der Waals surface area contributed by atoms with E-state index in [1.54, 1.807) is 0 Å². The van der Waals surface area contributed by atoms with Gasteiger partial charge in [-0.2, -0.15) is 0 Å². The van der Waals surface area contributed by atoms with Crippen LogP contribution in [0, 0.1) is 0 Å². The molecule has 0 spiro atoms. The molecule has 18 heavy (non-hydrogen) atoms. The molecule has 2 atom stereocenters. The van der Waals surface area contributed by atoms with Gasteiger partial charge in [0, 0.05) is 6.54 Å². The van der Waals surface area contributed by atoms with Crippen LogP contribution in [0.15, 0.2) is 0 Å². The molecule has 102 valence electrons. The summed E-state index contributed by atoms with van der Waals surface area (Å²) in [7, 11) is 0. The fourth-order valence-corrected chi connectivity index (χ4v) is 3.11. The Morgan fingerprint density at radius 3 is 2.83 bits per heavy atom. The Balaban J connectivity index is 2.08. The Labute approximate surface area is 112 Å². The molecule has 0 bridgehead atoms. The average Bonchev–Trinajstić information content (AvgIpc) is 2.94. The summed E-state index contributed by atoms with van der Waals surface area (Å²) in [6, 6.07) is 0.0945. The third-order valence-corrected chi connectivity index (χ3v) is 4.10. The quantitative estimate of drug-likeness (QED) is 0.873. The zero-order chi connectivity index (χ0) is 13.1. The first-order valence-corrected chi connectivity index (χ1v) is 7.21. The maximum Gasteiger partial charge on any atom is 0.0950 e. The molecule has 2 rings (SSSR count). The minimum atomic E-state index is -0.381. The lowest BCUT2D eigenvalue weighted by atomic mass is 10.1. The summed E-state index contributed by atoms with van der Waals surface area (Å²) < 4.78 is 9.38. The van der Waals surface area contributed by atoms with Crippen LogP contribution in [0.4, 0.5) is 0 Å². The molecule has 0 saturated carbocycles. The molecule has 1 aliphatic rings. The van der Waals surface area contributed by atoms with E-state index >= 15 is 0 Å². The highest BCUT2D eigenvalue weighted by atomic mass is 32.1. The van der Waals surface area contributed by atoms with Gasteiger partial charge in [0.15, 0.2) is 0 Å². The van der Waals surface area contributed by atoms with Gasteiger partial charge in [-0.15, -0.1) is 5.10 Å². The largest absolute Gasteiger partial charge is 0.389 e. The molecule has 0 amide bonds. The second-order valence-electron chi connectivity index (χ2n) is 4.97. The van der Waals surface area contributed by atoms with Crippen LogP contribution in [-0.2, 0) is 11.3 Å². The van der Waals surface area contributed by atoms with Gasteiger partial charge in [0.1, 0.15) is 0 Å². The molecule has 0 radical (unpaired) electrons. The van der Waals surface area contributed by atoms with Gasteiger partial charge < -0.3 is 9.84 Å². The molecule has 0 unspecified atom stereocenters. The maximum absolute atomic E-state index is 9.90. The number of aliphatic hydroxyl groups is 1. The molecule has 5 nitrogen and oxygen atoms in total. The summed E-state index contributed by atoms with van der Waals surface area (Å²) in [6.07, 6.45) is -0.381. The van der Waals surface area contributed by atoms with E-state index in [1.165, 1.54) is 16.4 Å². The van der Waals surface area contributed by atoms with Crippen LogP contribution < -0.4 is 0 Å². The molecular weight excluding hydrogens is 250 g/mol. The van der Waals surface area contributed by atoms with Crippen LogP contribution in [0.1, 0.15) is 37.3 Å². The van der Waals surface area contributed by atoms with Gasteiger partial charge in [-0.3, -0.25) is 4.90 Å². The van der Waals surface area contributed by atoms with Crippen molar-refractivity contribution in [2.75, 3.05) is 19.8 Å². The van der Waals surface area contributed by atoms with E-state index in [9.17, 15) is 5.11 Å². The number of rotatable bonds is 5. The lowest BCUT2D eigenvalue weighted by Gasteiger charge is -2.28. The molecule has 1 N–H and O–H groups in total. The highest BCUT2D eigenvalue weighted by Gasteiger charge is 2.31. The van der Waals surface area contributed by atoms with Crippen molar-refractivity contribution in [3.05, 3.63) is 10.6 Å². The summed E-state index contributed by atoms with van der Waals surface area (Å²) in [5.74, 6) is 0.391. The zero-order valence-electron chi connectivity index (χ0n) is 11.2. The second kappa shape index (κ2) is 6.06. The Hall–Kier alpha value is -0.560. The number of ether oxygens (including phenoxy) is 1. The minimum absolute atomic E-state index is 0.0945. The number of nitrogens with zero attached hydrogens (tertiary/aromatic N) is 3. The van der Waals surface area contributed by atoms with Crippen molar-refractivity contribution in [2.24, 2.45) is 0 Å². The molecule has 0 aromatic carbocycles. The third-order valence-electron chi connectivity index (χ3n) is 3.38. The Kier molecular flexibility index (Phi) is 4.66. The Bertz CT molecular complexity index is 383. The first kappa shape index (κ1) is 13.9. The monoisotopic (exact) mass is 271 g/mol. The lowest BCUT2D eigenvalue weighted by molar-refractivity contribution is 0.0812. The fraction of sp³-hybridized carbons (Fsp3) is 0.833. The summed E-state index contributed by atoms with van der Waals surface area (Å²) >= 11 is 1.46. The van der Waals surface area contributed by atoms with E-state index < -0.39 is 0 Å². The number of aromatic nitrogens is 2. The van der Waals surface area contributed by atoms with E-state index in [2.05, 4.69) is 35.3 Å². The molecule has 0 aliphatic carbocycles. The van der Waals surface area contributed by atoms with Crippen molar-refractivity contribution in [3.63, 3.8) is 0 Å². The van der Waals surface area contributed by atoms with E-state index in [0.29, 0.717) is 19.1 Å². The van der Waals surface area contributed by atoms with Gasteiger partial charge in [0.05, 0.1) is 35.9 Å². The third kappa shape index (κ3) is 2.88. The fourth-order valence-electron chi connectivity index (χ4n) is 2.29. The number of aliphatic hydroxyl groups excluding tert-OH is 1. The highest BCUT2D eigenvalue weighted by molar-refractivity contribution is 7.05. The number of likely N-dealkylation sites (N-methyl/N-ethyl adjacent to an activating group) is 1. The zero-order valence-corrected chi connectivity index (χ0v) is 12.0. The topological polar surface area (TPSA) is 58.5 Å². The van der Waals surface area contributed by atoms with Crippen molar-refractivity contribution in [1.82, 2.24) is 14.5 Å². The molecular formula is C12H21N3O2S. The van der Waals surface area contributed by atoms with Crippen LogP contribution >= 0.6 is 11.5 Å². The summed E-state index contributed by atoms with van der Waals surface area (Å²) in [4.78, 5) is 3.45. The summed E-state index contributed by atoms with van der Waals surface area (Å²) in [5.41, 5.74) is 1.08. The van der Waals surface area contributed by atoms with Gasteiger partial charge in [-0.25, -0.2) is 0 Å². The van der Waals surface area contributed by atoms with Gasteiger partial charge in [0.25, 0.3) is 0 Å². The predicted octanol–water partition coefficient (Wildman–Crippen LogP) is 1.24. The summed E-state index contributed by atoms with van der Waals surface area (Å²) in [6.45, 7) is 9.10. The Morgan fingerprint density at radius 1 is 1.50 bits per heavy atom. The van der Waals surface area contributed by atoms with Crippen molar-refractivity contribution in [1.29, 1.82) is 0 Å². The standard InChI is InChI=1S/C12H21N3O2S/c1-4-15(9-6-17-7-10(9)16)5-11-12(8(2)3)13-14-18-11/h8-10,16H,4-7H2,1-3H3/t9-,10-/m0/s1. The van der Waals surface area contributed by atoms with Crippen molar-refractivity contribution in [3.8, 4) is 0 Å². The van der Waals surface area contributed by atoms with Gasteiger partial charge >= 0.3 is 0 Å². The van der Waals surface area contributed by atoms with Crippen LogP contribution in [-0.4, -0.2) is 51.5 Å². The van der Waals surface area contributed by atoms with E-state index in [1.807, 2.05) is 0 Å². The van der Waals surface area contributed by atoms with Crippen LogP contribution in [0.25, 0.3) is 0 Å². The predicted molar refractivity (Wildman–Crippen MR) is 70.7 cm³/mol. The molecule has 1 aromatic rings. The van der Waals surface area contributed by atoms with Crippen molar-refractivity contribution in [2.45, 2.75) is 45.4 Å². The molecule has 2 heterocycles. The average molecular weight is 271 g/mol. The SMILES string of the molecule is CCN(Cc1snnc1C(C)C)[C@H]1COC[C@@H]1O.